The lowest BCUT2D eigenvalue weighted by molar-refractivity contribution is 0.0780. The molecule has 7 heteroatoms. The van der Waals surface area contributed by atoms with Crippen molar-refractivity contribution < 1.29 is 5.11 Å². The van der Waals surface area contributed by atoms with Crippen molar-refractivity contribution in [3.8, 4) is 0 Å². The lowest BCUT2D eigenvalue weighted by atomic mass is 9.77. The molecule has 0 fully saturated rings. The van der Waals surface area contributed by atoms with E-state index < -0.39 is 11.1 Å². The highest BCUT2D eigenvalue weighted by Crippen LogP contribution is 2.40. The van der Waals surface area contributed by atoms with Gasteiger partial charge in [-0.3, -0.25) is 9.97 Å². The minimum atomic E-state index is -1.45. The Morgan fingerprint density at radius 2 is 1.00 bits per heavy atom. The van der Waals surface area contributed by atoms with Crippen LogP contribution in [0.4, 0.5) is 0 Å². The summed E-state index contributed by atoms with van der Waals surface area (Å²) in [6, 6.07) is 37.8. The Morgan fingerprint density at radius 1 is 0.564 bits per heavy atom. The average Bonchev–Trinajstić information content (AvgIpc) is 3.48. The van der Waals surface area contributed by atoms with E-state index in [0.29, 0.717) is 17.0 Å². The summed E-state index contributed by atoms with van der Waals surface area (Å²) in [4.78, 5) is 10.1. The third-order valence-electron chi connectivity index (χ3n) is 7.02. The fourth-order valence-electron chi connectivity index (χ4n) is 5.16. The van der Waals surface area contributed by atoms with E-state index in [1.54, 1.807) is 41.7 Å². The van der Waals surface area contributed by atoms with E-state index in [1.807, 2.05) is 66.7 Å². The van der Waals surface area contributed by atoms with Gasteiger partial charge in [0.05, 0.1) is 0 Å². The number of benzene rings is 3. The summed E-state index contributed by atoms with van der Waals surface area (Å²) < 4.78 is 0. The molecule has 39 heavy (non-hydrogen) atoms. The summed E-state index contributed by atoms with van der Waals surface area (Å²) in [7, 11) is 0. The zero-order valence-corrected chi connectivity index (χ0v) is 21.1. The molecule has 6 aromatic rings. The van der Waals surface area contributed by atoms with Crippen LogP contribution in [-0.4, -0.2) is 35.3 Å². The molecular weight excluding hydrogens is 484 g/mol. The third-order valence-corrected chi connectivity index (χ3v) is 7.02. The molecule has 0 radical (unpaired) electrons. The van der Waals surface area contributed by atoms with Gasteiger partial charge in [0, 0.05) is 42.3 Å². The number of nitrogens with zero attached hydrogens (tertiary/aromatic N) is 6. The number of hydrogen-bond donors (Lipinski definition) is 1. The Kier molecular flexibility index (Phi) is 6.49. The van der Waals surface area contributed by atoms with Gasteiger partial charge in [0.1, 0.15) is 5.60 Å². The first-order valence-corrected chi connectivity index (χ1v) is 12.7. The Labute approximate surface area is 226 Å². The second-order valence-corrected chi connectivity index (χ2v) is 9.32. The summed E-state index contributed by atoms with van der Waals surface area (Å²) in [6.07, 6.45) is 6.74. The monoisotopic (exact) mass is 510 g/mol. The molecule has 3 aromatic heterocycles. The number of pyridine rings is 2. The second-order valence-electron chi connectivity index (χ2n) is 9.32. The van der Waals surface area contributed by atoms with Crippen LogP contribution in [0.3, 0.4) is 0 Å². The van der Waals surface area contributed by atoms with E-state index in [0.717, 1.165) is 16.7 Å². The molecule has 0 unspecified atom stereocenters. The largest absolute Gasteiger partial charge is 0.380 e. The Morgan fingerprint density at radius 3 is 1.41 bits per heavy atom. The van der Waals surface area contributed by atoms with Crippen molar-refractivity contribution in [3.05, 3.63) is 174 Å². The van der Waals surface area contributed by atoms with Crippen LogP contribution in [0, 0.1) is 0 Å². The maximum absolute atomic E-state index is 12.1. The molecule has 190 valence electrons. The van der Waals surface area contributed by atoms with Gasteiger partial charge in [-0.15, -0.1) is 15.0 Å². The van der Waals surface area contributed by atoms with Crippen LogP contribution in [0.25, 0.3) is 0 Å². The zero-order chi connectivity index (χ0) is 26.5. The highest BCUT2D eigenvalue weighted by atomic mass is 16.3. The molecule has 0 saturated carbocycles. The zero-order valence-electron chi connectivity index (χ0n) is 21.1. The smallest absolute Gasteiger partial charge is 0.178 e. The summed E-state index contributed by atoms with van der Waals surface area (Å²) in [5, 5.41) is 26.1. The van der Waals surface area contributed by atoms with Crippen molar-refractivity contribution in [3.63, 3.8) is 0 Å². The number of tetrazole rings is 1. The van der Waals surface area contributed by atoms with Gasteiger partial charge in [0.2, 0.25) is 0 Å². The molecular formula is C32H26N6O. The van der Waals surface area contributed by atoms with E-state index in [2.05, 4.69) is 56.7 Å². The lowest BCUT2D eigenvalue weighted by Gasteiger charge is -2.34. The molecule has 0 aliphatic carbocycles. The molecule has 6 rings (SSSR count). The number of aliphatic hydroxyl groups is 1. The van der Waals surface area contributed by atoms with Gasteiger partial charge in [-0.05, 0) is 34.0 Å². The number of hydrogen-bond acceptors (Lipinski definition) is 6. The fourth-order valence-corrected chi connectivity index (χ4v) is 5.16. The molecule has 0 aliphatic heterocycles. The summed E-state index contributed by atoms with van der Waals surface area (Å²) in [5.74, 6) is 0.386. The highest BCUT2D eigenvalue weighted by molar-refractivity contribution is 5.49. The average molecular weight is 511 g/mol. The van der Waals surface area contributed by atoms with Crippen molar-refractivity contribution in [1.29, 1.82) is 0 Å². The maximum Gasteiger partial charge on any atom is 0.178 e. The van der Waals surface area contributed by atoms with Crippen LogP contribution in [0.1, 0.15) is 33.6 Å². The van der Waals surface area contributed by atoms with Crippen LogP contribution in [0.15, 0.2) is 140 Å². The molecule has 0 aliphatic rings. The molecule has 3 aromatic carbocycles. The van der Waals surface area contributed by atoms with Gasteiger partial charge < -0.3 is 5.11 Å². The molecule has 3 heterocycles. The molecule has 1 N–H and O–H groups in total. The van der Waals surface area contributed by atoms with Crippen molar-refractivity contribution >= 4 is 0 Å². The molecule has 0 saturated heterocycles. The van der Waals surface area contributed by atoms with Crippen molar-refractivity contribution in [1.82, 2.24) is 30.2 Å². The van der Waals surface area contributed by atoms with Gasteiger partial charge in [0.25, 0.3) is 0 Å². The number of rotatable bonds is 8. The molecule has 0 bridgehead atoms. The van der Waals surface area contributed by atoms with E-state index >= 15 is 0 Å². The normalized spacial score (nSPS) is 11.8. The second kappa shape index (κ2) is 10.4. The fraction of sp³-hybridized carbons (Fsp3) is 0.0938. The van der Waals surface area contributed by atoms with Crippen LogP contribution >= 0.6 is 0 Å². The van der Waals surface area contributed by atoms with Gasteiger partial charge in [-0.1, -0.05) is 103 Å². The van der Waals surface area contributed by atoms with Crippen LogP contribution < -0.4 is 0 Å². The summed E-state index contributed by atoms with van der Waals surface area (Å²) >= 11 is 0. The topological polar surface area (TPSA) is 89.6 Å². The quantitative estimate of drug-likeness (QED) is 0.297. The van der Waals surface area contributed by atoms with Gasteiger partial charge in [-0.25, -0.2) is 0 Å². The first-order chi connectivity index (χ1) is 19.2. The standard InChI is InChI=1S/C32H26N6O/c39-31(28-18-10-20-33-23-28,29-19-11-21-34-24-29)22-30-35-37-38(36-30)32(25-12-4-1-5-13-25,26-14-6-2-7-15-26)27-16-8-3-9-17-27/h1-21,23-24,39H,22H2. The third kappa shape index (κ3) is 4.39. The SMILES string of the molecule is OC(Cc1nnn(C(c2ccccc2)(c2ccccc2)c2ccccc2)n1)(c1cccnc1)c1cccnc1. The van der Waals surface area contributed by atoms with E-state index in [1.165, 1.54) is 0 Å². The predicted molar refractivity (Wildman–Crippen MR) is 148 cm³/mol. The van der Waals surface area contributed by atoms with Crippen LogP contribution in [0.5, 0.6) is 0 Å². The van der Waals surface area contributed by atoms with Crippen LogP contribution in [-0.2, 0) is 17.6 Å². The van der Waals surface area contributed by atoms with Crippen molar-refractivity contribution in [2.24, 2.45) is 0 Å². The Balaban J connectivity index is 1.53. The highest BCUT2D eigenvalue weighted by Gasteiger charge is 2.42. The van der Waals surface area contributed by atoms with Crippen molar-refractivity contribution in [2.45, 2.75) is 17.6 Å². The van der Waals surface area contributed by atoms with E-state index in [-0.39, 0.29) is 6.42 Å². The van der Waals surface area contributed by atoms with Gasteiger partial charge >= 0.3 is 0 Å². The van der Waals surface area contributed by atoms with Crippen molar-refractivity contribution in [2.75, 3.05) is 0 Å². The molecule has 7 nitrogen and oxygen atoms in total. The molecule has 0 spiro atoms. The molecule has 0 amide bonds. The Hall–Kier alpha value is -5.01. The number of aromatic nitrogens is 6. The summed E-state index contributed by atoms with van der Waals surface area (Å²) in [6.45, 7) is 0. The Bertz CT molecular complexity index is 1490. The van der Waals surface area contributed by atoms with E-state index in [4.69, 9.17) is 5.10 Å². The first kappa shape index (κ1) is 24.3. The van der Waals surface area contributed by atoms with Gasteiger partial charge in [-0.2, -0.15) is 0 Å². The summed E-state index contributed by atoms with van der Waals surface area (Å²) in [5.41, 5.74) is 1.86. The van der Waals surface area contributed by atoms with Gasteiger partial charge in [0.15, 0.2) is 11.4 Å². The van der Waals surface area contributed by atoms with Crippen LogP contribution in [0.2, 0.25) is 0 Å². The lowest BCUT2D eigenvalue weighted by Crippen LogP contribution is -2.39. The van der Waals surface area contributed by atoms with E-state index in [9.17, 15) is 5.11 Å². The minimum absolute atomic E-state index is 0.0822. The minimum Gasteiger partial charge on any atom is -0.380 e. The predicted octanol–water partition coefficient (Wildman–Crippen LogP) is 4.78. The first-order valence-electron chi connectivity index (χ1n) is 12.7. The molecule has 0 atom stereocenters. The maximum atomic E-state index is 12.1.